The molecule has 2 amide bonds. The van der Waals surface area contributed by atoms with Gasteiger partial charge in [-0.15, -0.1) is 11.3 Å². The number of rotatable bonds is 6. The quantitative estimate of drug-likeness (QED) is 0.389. The maximum absolute atomic E-state index is 14.1. The van der Waals surface area contributed by atoms with Gasteiger partial charge in [0.2, 0.25) is 5.82 Å². The van der Waals surface area contributed by atoms with Gasteiger partial charge in [0.05, 0.1) is 30.1 Å². The Bertz CT molecular complexity index is 1370. The van der Waals surface area contributed by atoms with E-state index in [-0.39, 0.29) is 11.9 Å². The van der Waals surface area contributed by atoms with E-state index in [9.17, 15) is 9.18 Å². The highest BCUT2D eigenvalue weighted by Gasteiger charge is 2.36. The van der Waals surface area contributed by atoms with E-state index >= 15 is 0 Å². The molecule has 3 heterocycles. The summed E-state index contributed by atoms with van der Waals surface area (Å²) in [6.07, 6.45) is 0. The molecule has 5 rings (SSSR count). The highest BCUT2D eigenvalue weighted by molar-refractivity contribution is 7.13. The molecule has 1 aliphatic heterocycles. The van der Waals surface area contributed by atoms with Crippen LogP contribution in [0.2, 0.25) is 0 Å². The van der Waals surface area contributed by atoms with Crippen LogP contribution < -0.4 is 10.1 Å². The number of amides is 2. The van der Waals surface area contributed by atoms with Crippen LogP contribution in [-0.2, 0) is 6.54 Å². The number of halogens is 1. The van der Waals surface area contributed by atoms with Crippen molar-refractivity contribution >= 4 is 22.9 Å². The Labute approximate surface area is 199 Å². The Balaban J connectivity index is 1.59. The lowest BCUT2D eigenvalue weighted by Gasteiger charge is -2.35. The van der Waals surface area contributed by atoms with Crippen molar-refractivity contribution in [3.05, 3.63) is 94.6 Å². The standard InChI is InChI=1S/C25H21FN4O3S/c1-15-21(24-28-23(29-33-24)20-10-5-11-34-20)22(17-7-4-8-18(26)13-17)27-25(31)30(15)14-16-6-3-9-19(12-16)32-2/h3-13,22H,14H2,1-2H3,(H,27,31). The first kappa shape index (κ1) is 21.8. The van der Waals surface area contributed by atoms with Crippen molar-refractivity contribution in [1.29, 1.82) is 0 Å². The van der Waals surface area contributed by atoms with Crippen molar-refractivity contribution in [2.24, 2.45) is 0 Å². The number of aromatic nitrogens is 2. The van der Waals surface area contributed by atoms with Gasteiger partial charge in [-0.2, -0.15) is 4.98 Å². The SMILES string of the molecule is COc1cccc(CN2C(=O)NC(c3cccc(F)c3)C(c3nc(-c4cccs4)no3)=C2C)c1. The minimum atomic E-state index is -0.651. The molecule has 7 nitrogen and oxygen atoms in total. The number of hydrogen-bond donors (Lipinski definition) is 1. The predicted octanol–water partition coefficient (Wildman–Crippen LogP) is 5.64. The summed E-state index contributed by atoms with van der Waals surface area (Å²) in [7, 11) is 1.60. The molecule has 0 saturated carbocycles. The van der Waals surface area contributed by atoms with Crippen molar-refractivity contribution in [1.82, 2.24) is 20.4 Å². The fourth-order valence-corrected chi connectivity index (χ4v) is 4.63. The molecule has 9 heteroatoms. The van der Waals surface area contributed by atoms with E-state index in [0.29, 0.717) is 35.0 Å². The van der Waals surface area contributed by atoms with Gasteiger partial charge in [-0.05, 0) is 53.8 Å². The number of nitrogens with zero attached hydrogens (tertiary/aromatic N) is 3. The summed E-state index contributed by atoms with van der Waals surface area (Å²) in [4.78, 5) is 20.3. The van der Waals surface area contributed by atoms with Gasteiger partial charge in [-0.1, -0.05) is 35.5 Å². The van der Waals surface area contributed by atoms with Crippen molar-refractivity contribution in [2.75, 3.05) is 7.11 Å². The number of allylic oxidation sites excluding steroid dienone is 1. The second kappa shape index (κ2) is 9.11. The molecule has 0 spiro atoms. The van der Waals surface area contributed by atoms with Crippen LogP contribution >= 0.6 is 11.3 Å². The van der Waals surface area contributed by atoms with Crippen LogP contribution in [0, 0.1) is 5.82 Å². The first-order valence-corrected chi connectivity index (χ1v) is 11.5. The number of thiophene rings is 1. The van der Waals surface area contributed by atoms with Crippen molar-refractivity contribution in [2.45, 2.75) is 19.5 Å². The number of carbonyl (C=O) groups excluding carboxylic acids is 1. The van der Waals surface area contributed by atoms with E-state index < -0.39 is 11.9 Å². The van der Waals surface area contributed by atoms with Gasteiger partial charge in [0.15, 0.2) is 0 Å². The first-order valence-electron chi connectivity index (χ1n) is 10.6. The summed E-state index contributed by atoms with van der Waals surface area (Å²) < 4.78 is 25.0. The van der Waals surface area contributed by atoms with E-state index in [1.54, 1.807) is 24.1 Å². The molecule has 1 N–H and O–H groups in total. The Morgan fingerprint density at radius 1 is 1.18 bits per heavy atom. The van der Waals surface area contributed by atoms with E-state index in [1.165, 1.54) is 23.5 Å². The third kappa shape index (κ3) is 4.17. The summed E-state index contributed by atoms with van der Waals surface area (Å²) in [5.74, 6) is 1.03. The predicted molar refractivity (Wildman–Crippen MR) is 126 cm³/mol. The minimum absolute atomic E-state index is 0.269. The molecule has 0 fully saturated rings. The summed E-state index contributed by atoms with van der Waals surface area (Å²) >= 11 is 1.50. The molecular formula is C25H21FN4O3S. The van der Waals surface area contributed by atoms with Gasteiger partial charge in [-0.3, -0.25) is 4.90 Å². The van der Waals surface area contributed by atoms with Gasteiger partial charge >= 0.3 is 6.03 Å². The van der Waals surface area contributed by atoms with Gasteiger partial charge in [0.1, 0.15) is 11.6 Å². The molecule has 4 aromatic rings. The number of hydrogen-bond acceptors (Lipinski definition) is 6. The van der Waals surface area contributed by atoms with Crippen LogP contribution in [0.15, 0.2) is 76.3 Å². The summed E-state index contributed by atoms with van der Waals surface area (Å²) in [6.45, 7) is 2.13. The minimum Gasteiger partial charge on any atom is -0.497 e. The first-order chi connectivity index (χ1) is 16.5. The molecule has 1 unspecified atom stereocenters. The zero-order valence-corrected chi connectivity index (χ0v) is 19.3. The lowest BCUT2D eigenvalue weighted by Crippen LogP contribution is -2.45. The molecule has 0 saturated heterocycles. The lowest BCUT2D eigenvalue weighted by atomic mass is 9.94. The maximum atomic E-state index is 14.1. The Morgan fingerprint density at radius 2 is 2.03 bits per heavy atom. The van der Waals surface area contributed by atoms with Crippen LogP contribution in [0.5, 0.6) is 5.75 Å². The highest BCUT2D eigenvalue weighted by atomic mass is 32.1. The third-order valence-corrected chi connectivity index (χ3v) is 6.52. The van der Waals surface area contributed by atoms with Crippen molar-refractivity contribution in [3.63, 3.8) is 0 Å². The molecule has 0 aliphatic carbocycles. The van der Waals surface area contributed by atoms with Crippen LogP contribution in [0.1, 0.15) is 30.0 Å². The number of benzene rings is 2. The fraction of sp³-hybridized carbons (Fsp3) is 0.160. The normalized spacial score (nSPS) is 16.0. The largest absolute Gasteiger partial charge is 0.497 e. The number of carbonyl (C=O) groups is 1. The van der Waals surface area contributed by atoms with Crippen molar-refractivity contribution < 1.29 is 18.4 Å². The van der Waals surface area contributed by atoms with E-state index in [0.717, 1.165) is 10.4 Å². The highest BCUT2D eigenvalue weighted by Crippen LogP contribution is 2.38. The lowest BCUT2D eigenvalue weighted by molar-refractivity contribution is 0.203. The average Bonchev–Trinajstić information content (AvgIpc) is 3.54. The monoisotopic (exact) mass is 476 g/mol. The van der Waals surface area contributed by atoms with Crippen molar-refractivity contribution in [3.8, 4) is 16.5 Å². The van der Waals surface area contributed by atoms with E-state index in [1.807, 2.05) is 48.7 Å². The summed E-state index contributed by atoms with van der Waals surface area (Å²) in [5, 5.41) is 9.05. The molecule has 2 aromatic carbocycles. The van der Waals surface area contributed by atoms with Crippen LogP contribution in [0.25, 0.3) is 16.3 Å². The molecule has 34 heavy (non-hydrogen) atoms. The Kier molecular flexibility index (Phi) is 5.85. The zero-order valence-electron chi connectivity index (χ0n) is 18.5. The molecular weight excluding hydrogens is 455 g/mol. The molecule has 172 valence electrons. The van der Waals surface area contributed by atoms with Gasteiger partial charge in [-0.25, -0.2) is 9.18 Å². The summed E-state index contributed by atoms with van der Waals surface area (Å²) in [6, 6.07) is 16.5. The van der Waals surface area contributed by atoms with Crippen LogP contribution in [0.3, 0.4) is 0 Å². The van der Waals surface area contributed by atoms with E-state index in [4.69, 9.17) is 9.26 Å². The Hall–Kier alpha value is -3.98. The second-order valence-corrected chi connectivity index (χ2v) is 8.72. The molecule has 0 radical (unpaired) electrons. The summed E-state index contributed by atoms with van der Waals surface area (Å²) in [5.41, 5.74) is 2.73. The fourth-order valence-electron chi connectivity index (χ4n) is 3.98. The number of ether oxygens (including phenoxy) is 1. The average molecular weight is 477 g/mol. The van der Waals surface area contributed by atoms with Gasteiger partial charge < -0.3 is 14.6 Å². The molecule has 2 aromatic heterocycles. The maximum Gasteiger partial charge on any atom is 0.322 e. The van der Waals surface area contributed by atoms with E-state index in [2.05, 4.69) is 15.5 Å². The van der Waals surface area contributed by atoms with Crippen LogP contribution in [-0.4, -0.2) is 28.2 Å². The van der Waals surface area contributed by atoms with Gasteiger partial charge in [0, 0.05) is 5.70 Å². The molecule has 1 aliphatic rings. The third-order valence-electron chi connectivity index (χ3n) is 5.65. The molecule has 1 atom stereocenters. The Morgan fingerprint density at radius 3 is 2.79 bits per heavy atom. The number of methoxy groups -OCH3 is 1. The number of nitrogens with one attached hydrogen (secondary N) is 1. The molecule has 0 bridgehead atoms. The number of urea groups is 1. The second-order valence-electron chi connectivity index (χ2n) is 7.77. The topological polar surface area (TPSA) is 80.5 Å². The van der Waals surface area contributed by atoms with Gasteiger partial charge in [0.25, 0.3) is 5.89 Å². The van der Waals surface area contributed by atoms with Crippen LogP contribution in [0.4, 0.5) is 9.18 Å². The smallest absolute Gasteiger partial charge is 0.322 e. The zero-order chi connectivity index (χ0) is 23.7.